The van der Waals surface area contributed by atoms with Crippen LogP contribution in [-0.2, 0) is 0 Å². The van der Waals surface area contributed by atoms with Gasteiger partial charge < -0.3 is 21.5 Å². The van der Waals surface area contributed by atoms with Gasteiger partial charge in [0, 0.05) is 18.5 Å². The summed E-state index contributed by atoms with van der Waals surface area (Å²) in [7, 11) is 0. The van der Waals surface area contributed by atoms with Crippen LogP contribution in [0, 0.1) is 5.92 Å². The molecule has 1 heterocycles. The molecule has 0 spiro atoms. The summed E-state index contributed by atoms with van der Waals surface area (Å²) in [6.07, 6.45) is 2.45. The van der Waals surface area contributed by atoms with Crippen LogP contribution in [0.25, 0.3) is 0 Å². The number of hydrogen-bond donors (Lipinski definition) is 3. The van der Waals surface area contributed by atoms with Crippen LogP contribution in [0.4, 0.5) is 11.4 Å². The molecule has 1 aliphatic rings. The Bertz CT molecular complexity index is 375. The first-order valence-corrected chi connectivity index (χ1v) is 6.23. The topological polar surface area (TPSA) is 73.3 Å². The van der Waals surface area contributed by atoms with Gasteiger partial charge in [0.15, 0.2) is 0 Å². The average molecular weight is 235 g/mol. The van der Waals surface area contributed by atoms with Crippen molar-refractivity contribution in [3.63, 3.8) is 0 Å². The van der Waals surface area contributed by atoms with Gasteiger partial charge >= 0.3 is 0 Å². The number of nitrogen functional groups attached to an aromatic ring is 2. The zero-order valence-corrected chi connectivity index (χ0v) is 10.3. The zero-order valence-electron chi connectivity index (χ0n) is 10.3. The summed E-state index contributed by atoms with van der Waals surface area (Å²) in [6, 6.07) is 5.49. The Morgan fingerprint density at radius 2 is 2.24 bits per heavy atom. The van der Waals surface area contributed by atoms with E-state index < -0.39 is 0 Å². The first kappa shape index (κ1) is 12.0. The summed E-state index contributed by atoms with van der Waals surface area (Å²) in [5.74, 6) is 1.41. The highest BCUT2D eigenvalue weighted by atomic mass is 16.5. The number of benzene rings is 1. The second-order valence-electron chi connectivity index (χ2n) is 4.61. The molecule has 17 heavy (non-hydrogen) atoms. The monoisotopic (exact) mass is 235 g/mol. The molecule has 1 fully saturated rings. The van der Waals surface area contributed by atoms with E-state index in [1.165, 1.54) is 6.42 Å². The van der Waals surface area contributed by atoms with Gasteiger partial charge in [-0.05, 0) is 31.5 Å². The minimum atomic E-state index is 0.257. The van der Waals surface area contributed by atoms with E-state index in [-0.39, 0.29) is 6.10 Å². The summed E-state index contributed by atoms with van der Waals surface area (Å²) in [5, 5.41) is 3.37. The molecular formula is C13H21N3O. The van der Waals surface area contributed by atoms with Crippen molar-refractivity contribution >= 4 is 11.4 Å². The highest BCUT2D eigenvalue weighted by Crippen LogP contribution is 2.26. The molecule has 2 unspecified atom stereocenters. The molecule has 2 atom stereocenters. The summed E-state index contributed by atoms with van der Waals surface area (Å²) < 4.78 is 6.01. The van der Waals surface area contributed by atoms with Gasteiger partial charge in [-0.1, -0.05) is 6.92 Å². The molecule has 1 aliphatic heterocycles. The largest absolute Gasteiger partial charge is 0.490 e. The van der Waals surface area contributed by atoms with Gasteiger partial charge in [-0.15, -0.1) is 0 Å². The second kappa shape index (κ2) is 5.27. The fourth-order valence-electron chi connectivity index (χ4n) is 2.31. The third-order valence-corrected chi connectivity index (χ3v) is 3.37. The number of hydrogen-bond acceptors (Lipinski definition) is 4. The molecule has 0 radical (unpaired) electrons. The van der Waals surface area contributed by atoms with Gasteiger partial charge in [0.25, 0.3) is 0 Å². The van der Waals surface area contributed by atoms with E-state index in [9.17, 15) is 0 Å². The quantitative estimate of drug-likeness (QED) is 0.693. The molecule has 94 valence electrons. The maximum atomic E-state index is 6.01. The lowest BCUT2D eigenvalue weighted by Crippen LogP contribution is -2.28. The van der Waals surface area contributed by atoms with Crippen molar-refractivity contribution in [2.24, 2.45) is 5.92 Å². The third-order valence-electron chi connectivity index (χ3n) is 3.37. The molecule has 0 aromatic heterocycles. The summed E-state index contributed by atoms with van der Waals surface area (Å²) in [4.78, 5) is 0. The van der Waals surface area contributed by atoms with Crippen molar-refractivity contribution in [1.29, 1.82) is 0 Å². The Hall–Kier alpha value is -1.42. The number of anilines is 2. The van der Waals surface area contributed by atoms with E-state index in [2.05, 4.69) is 12.2 Å². The van der Waals surface area contributed by atoms with Gasteiger partial charge in [0.2, 0.25) is 0 Å². The standard InChI is InChI=1S/C13H21N3O/c1-2-13(9-5-6-16-8-9)17-10-3-4-11(14)12(15)7-10/h3-4,7,9,13,16H,2,5-6,8,14-15H2,1H3. The molecule has 1 aromatic rings. The SMILES string of the molecule is CCC(Oc1ccc(N)c(N)c1)C1CCNC1. The first-order chi connectivity index (χ1) is 8.20. The Balaban J connectivity index is 2.04. The van der Waals surface area contributed by atoms with Crippen LogP contribution >= 0.6 is 0 Å². The van der Waals surface area contributed by atoms with Crippen molar-refractivity contribution < 1.29 is 4.74 Å². The van der Waals surface area contributed by atoms with Gasteiger partial charge in [0.1, 0.15) is 11.9 Å². The maximum Gasteiger partial charge on any atom is 0.121 e. The van der Waals surface area contributed by atoms with Crippen LogP contribution in [0.3, 0.4) is 0 Å². The predicted octanol–water partition coefficient (Wildman–Crippen LogP) is 1.62. The van der Waals surface area contributed by atoms with Gasteiger partial charge in [0.05, 0.1) is 11.4 Å². The molecule has 1 saturated heterocycles. The minimum Gasteiger partial charge on any atom is -0.490 e. The second-order valence-corrected chi connectivity index (χ2v) is 4.61. The van der Waals surface area contributed by atoms with Crippen LogP contribution in [0.1, 0.15) is 19.8 Å². The molecule has 5 N–H and O–H groups in total. The lowest BCUT2D eigenvalue weighted by atomic mass is 9.99. The Kier molecular flexibility index (Phi) is 3.74. The highest BCUT2D eigenvalue weighted by Gasteiger charge is 2.25. The van der Waals surface area contributed by atoms with Crippen molar-refractivity contribution in [2.75, 3.05) is 24.6 Å². The Labute approximate surface area is 102 Å². The van der Waals surface area contributed by atoms with Gasteiger partial charge in [-0.2, -0.15) is 0 Å². The van der Waals surface area contributed by atoms with Gasteiger partial charge in [-0.3, -0.25) is 0 Å². The van der Waals surface area contributed by atoms with Crippen molar-refractivity contribution in [3.05, 3.63) is 18.2 Å². The molecule has 2 rings (SSSR count). The highest BCUT2D eigenvalue weighted by molar-refractivity contribution is 5.65. The van der Waals surface area contributed by atoms with E-state index in [0.29, 0.717) is 17.3 Å². The van der Waals surface area contributed by atoms with Crippen LogP contribution in [0.2, 0.25) is 0 Å². The number of nitrogens with one attached hydrogen (secondary N) is 1. The van der Waals surface area contributed by atoms with Crippen LogP contribution in [-0.4, -0.2) is 19.2 Å². The van der Waals surface area contributed by atoms with Crippen LogP contribution in [0.5, 0.6) is 5.75 Å². The first-order valence-electron chi connectivity index (χ1n) is 6.23. The lowest BCUT2D eigenvalue weighted by Gasteiger charge is -2.23. The number of ether oxygens (including phenoxy) is 1. The molecule has 0 amide bonds. The normalized spacial score (nSPS) is 21.4. The molecule has 0 bridgehead atoms. The molecular weight excluding hydrogens is 214 g/mol. The Morgan fingerprint density at radius 1 is 1.41 bits per heavy atom. The molecule has 1 aromatic carbocycles. The van der Waals surface area contributed by atoms with E-state index in [1.807, 2.05) is 6.07 Å². The van der Waals surface area contributed by atoms with Gasteiger partial charge in [-0.25, -0.2) is 0 Å². The number of rotatable bonds is 4. The Morgan fingerprint density at radius 3 is 2.82 bits per heavy atom. The van der Waals surface area contributed by atoms with E-state index in [1.54, 1.807) is 12.1 Å². The van der Waals surface area contributed by atoms with Crippen molar-refractivity contribution in [2.45, 2.75) is 25.9 Å². The van der Waals surface area contributed by atoms with E-state index >= 15 is 0 Å². The van der Waals surface area contributed by atoms with Crippen LogP contribution in [0.15, 0.2) is 18.2 Å². The average Bonchev–Trinajstić information content (AvgIpc) is 2.84. The zero-order chi connectivity index (χ0) is 12.3. The minimum absolute atomic E-state index is 0.257. The molecule has 0 aliphatic carbocycles. The van der Waals surface area contributed by atoms with Crippen molar-refractivity contribution in [3.8, 4) is 5.75 Å². The lowest BCUT2D eigenvalue weighted by molar-refractivity contribution is 0.138. The maximum absolute atomic E-state index is 6.01. The van der Waals surface area contributed by atoms with E-state index in [0.717, 1.165) is 25.3 Å². The van der Waals surface area contributed by atoms with E-state index in [4.69, 9.17) is 16.2 Å². The third kappa shape index (κ3) is 2.82. The fourth-order valence-corrected chi connectivity index (χ4v) is 2.31. The van der Waals surface area contributed by atoms with Crippen LogP contribution < -0.4 is 21.5 Å². The summed E-state index contributed by atoms with van der Waals surface area (Å²) in [6.45, 7) is 4.29. The molecule has 4 nitrogen and oxygen atoms in total. The van der Waals surface area contributed by atoms with Crippen molar-refractivity contribution in [1.82, 2.24) is 5.32 Å². The predicted molar refractivity (Wildman–Crippen MR) is 71.0 cm³/mol. The summed E-state index contributed by atoms with van der Waals surface area (Å²) >= 11 is 0. The smallest absolute Gasteiger partial charge is 0.121 e. The summed E-state index contributed by atoms with van der Waals surface area (Å²) in [5.41, 5.74) is 12.6. The molecule has 4 heteroatoms. The molecule has 0 saturated carbocycles. The fraction of sp³-hybridized carbons (Fsp3) is 0.538. The number of nitrogens with two attached hydrogens (primary N) is 2.